The summed E-state index contributed by atoms with van der Waals surface area (Å²) in [5.74, 6) is 0.347. The van der Waals surface area contributed by atoms with E-state index in [0.717, 1.165) is 17.8 Å². The van der Waals surface area contributed by atoms with Gasteiger partial charge in [-0.3, -0.25) is 0 Å². The first-order valence-electron chi connectivity index (χ1n) is 11.5. The van der Waals surface area contributed by atoms with Gasteiger partial charge >= 0.3 is 0 Å². The molecule has 0 aliphatic carbocycles. The molecule has 14 heteroatoms. The summed E-state index contributed by atoms with van der Waals surface area (Å²) in [7, 11) is -5.80. The van der Waals surface area contributed by atoms with Gasteiger partial charge in [0.25, 0.3) is 10.0 Å². The van der Waals surface area contributed by atoms with Crippen molar-refractivity contribution in [3.63, 3.8) is 0 Å². The van der Waals surface area contributed by atoms with Crippen LogP contribution in [0, 0.1) is 0 Å². The lowest BCUT2D eigenvalue weighted by Crippen LogP contribution is -2.47. The lowest BCUT2D eigenvalue weighted by Gasteiger charge is -2.37. The van der Waals surface area contributed by atoms with Crippen LogP contribution in [-0.4, -0.2) is 83.9 Å². The summed E-state index contributed by atoms with van der Waals surface area (Å²) in [6.45, 7) is 1.50. The summed E-state index contributed by atoms with van der Waals surface area (Å²) < 4.78 is 65.7. The molecular weight excluding hydrogens is 550 g/mol. The molecule has 200 valence electrons. The van der Waals surface area contributed by atoms with Gasteiger partial charge in [-0.25, -0.2) is 21.6 Å². The Morgan fingerprint density at radius 3 is 2.67 bits per heavy atom. The van der Waals surface area contributed by atoms with Crippen LogP contribution in [0.2, 0.25) is 4.34 Å². The van der Waals surface area contributed by atoms with Gasteiger partial charge in [-0.05, 0) is 50.6 Å². The molecule has 3 N–H and O–H groups in total. The van der Waals surface area contributed by atoms with Crippen molar-refractivity contribution >= 4 is 43.0 Å². The van der Waals surface area contributed by atoms with E-state index in [1.54, 1.807) is 18.2 Å². The monoisotopic (exact) mass is 579 g/mol. The molecule has 3 heterocycles. The van der Waals surface area contributed by atoms with E-state index in [-0.39, 0.29) is 33.9 Å². The van der Waals surface area contributed by atoms with Gasteiger partial charge in [0.15, 0.2) is 0 Å². The normalized spacial score (nSPS) is 21.6. The van der Waals surface area contributed by atoms with Crippen LogP contribution in [0.1, 0.15) is 19.3 Å². The first-order valence-corrected chi connectivity index (χ1v) is 15.6. The molecule has 2 aliphatic rings. The topological polar surface area (TPSA) is 134 Å². The first-order chi connectivity index (χ1) is 17.0. The summed E-state index contributed by atoms with van der Waals surface area (Å²) in [5.41, 5.74) is -0.378. The maximum Gasteiger partial charge on any atom is 0.252 e. The number of ether oxygens (including phenoxy) is 2. The van der Waals surface area contributed by atoms with Crippen LogP contribution in [0.4, 0.5) is 0 Å². The number of nitrogens with zero attached hydrogens (tertiary/aromatic N) is 1. The summed E-state index contributed by atoms with van der Waals surface area (Å²) in [5, 5.41) is 13.6. The highest BCUT2D eigenvalue weighted by molar-refractivity contribution is 7.91. The average molecular weight is 580 g/mol. The van der Waals surface area contributed by atoms with Crippen molar-refractivity contribution in [3.8, 4) is 5.75 Å². The smallest absolute Gasteiger partial charge is 0.252 e. The fourth-order valence-corrected chi connectivity index (χ4v) is 8.27. The molecule has 36 heavy (non-hydrogen) atoms. The SMILES string of the molecule is CNS(=O)(=O)c1cccc(OC[C@@H](O)CNC2COC3(CCN(S(=O)(=O)c4ccc(Cl)s4)CC3)C2)c1. The number of aliphatic hydroxyl groups excluding tert-OH is 1. The van der Waals surface area contributed by atoms with Crippen LogP contribution in [-0.2, 0) is 24.8 Å². The minimum absolute atomic E-state index is 0.00562. The zero-order valence-corrected chi connectivity index (χ0v) is 22.9. The molecule has 0 bridgehead atoms. The predicted octanol–water partition coefficient (Wildman–Crippen LogP) is 1.65. The highest BCUT2D eigenvalue weighted by Crippen LogP contribution is 2.38. The third-order valence-corrected chi connectivity index (χ3v) is 11.5. The molecule has 2 aliphatic heterocycles. The van der Waals surface area contributed by atoms with E-state index in [1.165, 1.54) is 29.6 Å². The second-order valence-electron chi connectivity index (χ2n) is 8.91. The number of thiophene rings is 1. The van der Waals surface area contributed by atoms with Crippen molar-refractivity contribution in [2.45, 2.75) is 46.1 Å². The van der Waals surface area contributed by atoms with Crippen molar-refractivity contribution < 1.29 is 31.4 Å². The van der Waals surface area contributed by atoms with Crippen LogP contribution in [0.3, 0.4) is 0 Å². The van der Waals surface area contributed by atoms with Crippen molar-refractivity contribution in [2.24, 2.45) is 0 Å². The molecule has 1 spiro atoms. The molecule has 2 atom stereocenters. The van der Waals surface area contributed by atoms with Gasteiger partial charge in [0.2, 0.25) is 10.0 Å². The fraction of sp³-hybridized carbons (Fsp3) is 0.545. The first kappa shape index (κ1) is 27.7. The molecule has 2 aromatic rings. The van der Waals surface area contributed by atoms with Crippen LogP contribution in [0.5, 0.6) is 5.75 Å². The number of sulfonamides is 2. The molecule has 1 aromatic carbocycles. The van der Waals surface area contributed by atoms with E-state index in [0.29, 0.717) is 42.6 Å². The zero-order valence-electron chi connectivity index (χ0n) is 19.7. The van der Waals surface area contributed by atoms with Gasteiger partial charge in [0.1, 0.15) is 22.7 Å². The van der Waals surface area contributed by atoms with E-state index < -0.39 is 26.2 Å². The maximum absolute atomic E-state index is 12.8. The maximum atomic E-state index is 12.8. The van der Waals surface area contributed by atoms with Crippen LogP contribution in [0.15, 0.2) is 45.5 Å². The largest absolute Gasteiger partial charge is 0.491 e. The van der Waals surface area contributed by atoms with Crippen LogP contribution < -0.4 is 14.8 Å². The van der Waals surface area contributed by atoms with E-state index in [2.05, 4.69) is 10.0 Å². The average Bonchev–Trinajstić information content (AvgIpc) is 3.48. The Kier molecular flexibility index (Phi) is 8.64. The van der Waals surface area contributed by atoms with Gasteiger partial charge < -0.3 is 19.9 Å². The van der Waals surface area contributed by atoms with E-state index in [9.17, 15) is 21.9 Å². The van der Waals surface area contributed by atoms with Gasteiger partial charge in [-0.1, -0.05) is 17.7 Å². The molecule has 0 saturated carbocycles. The van der Waals surface area contributed by atoms with Crippen molar-refractivity contribution in [2.75, 3.05) is 39.9 Å². The highest BCUT2D eigenvalue weighted by atomic mass is 35.5. The Morgan fingerprint density at radius 1 is 1.25 bits per heavy atom. The molecule has 0 radical (unpaired) electrons. The number of benzene rings is 1. The fourth-order valence-electron chi connectivity index (χ4n) is 4.42. The van der Waals surface area contributed by atoms with Crippen molar-refractivity contribution in [3.05, 3.63) is 40.7 Å². The molecular formula is C22H30ClN3O7S3. The molecule has 1 aromatic heterocycles. The number of rotatable bonds is 10. The lowest BCUT2D eigenvalue weighted by molar-refractivity contribution is -0.0311. The molecule has 2 saturated heterocycles. The van der Waals surface area contributed by atoms with Crippen molar-refractivity contribution in [1.82, 2.24) is 14.3 Å². The molecule has 1 unspecified atom stereocenters. The minimum Gasteiger partial charge on any atom is -0.491 e. The Morgan fingerprint density at radius 2 is 2.00 bits per heavy atom. The Bertz CT molecular complexity index is 1260. The van der Waals surface area contributed by atoms with Crippen molar-refractivity contribution in [1.29, 1.82) is 0 Å². The van der Waals surface area contributed by atoms with E-state index in [1.807, 2.05) is 0 Å². The number of nitrogens with one attached hydrogen (secondary N) is 2. The summed E-state index contributed by atoms with van der Waals surface area (Å²) >= 11 is 6.97. The third kappa shape index (κ3) is 6.40. The predicted molar refractivity (Wildman–Crippen MR) is 137 cm³/mol. The summed E-state index contributed by atoms with van der Waals surface area (Å²) in [6, 6.07) is 9.22. The number of aliphatic hydroxyl groups is 1. The second kappa shape index (κ2) is 11.2. The quantitative estimate of drug-likeness (QED) is 0.387. The number of halogens is 1. The Balaban J connectivity index is 1.22. The van der Waals surface area contributed by atoms with Crippen LogP contribution in [0.25, 0.3) is 0 Å². The number of hydrogen-bond acceptors (Lipinski definition) is 9. The van der Waals surface area contributed by atoms with Gasteiger partial charge in [0.05, 0.1) is 21.4 Å². The Hall–Kier alpha value is -1.29. The molecule has 4 rings (SSSR count). The van der Waals surface area contributed by atoms with E-state index >= 15 is 0 Å². The Labute approximate surface area is 220 Å². The number of hydrogen-bond donors (Lipinski definition) is 3. The standard InChI is InChI=1S/C22H30ClN3O7S3/c1-24-35(28,29)19-4-2-3-18(11-19)32-15-17(27)13-25-16-12-22(33-14-16)7-9-26(10-8-22)36(30,31)21-6-5-20(23)34-21/h2-6,11,16-17,24-25,27H,7-10,12-15H2,1H3/t16?,17-/m0/s1. The van der Waals surface area contributed by atoms with E-state index in [4.69, 9.17) is 21.1 Å². The van der Waals surface area contributed by atoms with Gasteiger partial charge in [-0.2, -0.15) is 4.31 Å². The summed E-state index contributed by atoms with van der Waals surface area (Å²) in [4.78, 5) is 0.0848. The molecule has 0 amide bonds. The van der Waals surface area contributed by atoms with Gasteiger partial charge in [-0.15, -0.1) is 11.3 Å². The number of piperidine rings is 1. The zero-order chi connectivity index (χ0) is 26.0. The van der Waals surface area contributed by atoms with Crippen LogP contribution >= 0.6 is 22.9 Å². The van der Waals surface area contributed by atoms with Gasteiger partial charge in [0, 0.05) is 31.7 Å². The summed E-state index contributed by atoms with van der Waals surface area (Å²) in [6.07, 6.45) is 1.11. The second-order valence-corrected chi connectivity index (χ2v) is 14.7. The third-order valence-electron chi connectivity index (χ3n) is 6.45. The molecule has 2 fully saturated rings. The molecule has 10 nitrogen and oxygen atoms in total. The highest BCUT2D eigenvalue weighted by Gasteiger charge is 2.45. The lowest BCUT2D eigenvalue weighted by atomic mass is 9.88. The minimum atomic E-state index is -3.58.